The van der Waals surface area contributed by atoms with Gasteiger partial charge >= 0.3 is 6.09 Å². The number of hydrogen-bond donors (Lipinski definition) is 2. The second kappa shape index (κ2) is 8.59. The Kier molecular flexibility index (Phi) is 6.18. The van der Waals surface area contributed by atoms with Crippen LogP contribution in [0.25, 0.3) is 0 Å². The Morgan fingerprint density at radius 1 is 1.32 bits per heavy atom. The number of amides is 2. The van der Waals surface area contributed by atoms with E-state index in [1.807, 2.05) is 4.90 Å². The maximum absolute atomic E-state index is 14.7. The molecule has 0 aromatic heterocycles. The molecule has 2 fully saturated rings. The number of piperazine rings is 1. The lowest BCUT2D eigenvalue weighted by atomic mass is 10.2. The number of rotatable bonds is 4. The number of benzene rings is 1. The minimum atomic E-state index is -0.510. The molecule has 0 bridgehead atoms. The summed E-state index contributed by atoms with van der Waals surface area (Å²) >= 11 is 5.00. The molecule has 10 heteroatoms. The standard InChI is InChI=1S/C18H24FN5O3S/c1-12(25)22-5-7-23(8-6-22)16-4-3-13(9-15(16)19)24-11-14(27-18(24)26)10-21-17(28)20-2/h3-4,9,14H,5-8,10-11H2,1-2H3,(H2,20,21,28)/t14-/m0/s1. The summed E-state index contributed by atoms with van der Waals surface area (Å²) < 4.78 is 20.0. The Balaban J connectivity index is 1.63. The van der Waals surface area contributed by atoms with Crippen LogP contribution in [0.1, 0.15) is 6.92 Å². The molecule has 0 unspecified atom stereocenters. The third kappa shape index (κ3) is 4.44. The Labute approximate surface area is 168 Å². The predicted molar refractivity (Wildman–Crippen MR) is 108 cm³/mol. The van der Waals surface area contributed by atoms with Gasteiger partial charge in [-0.2, -0.15) is 0 Å². The van der Waals surface area contributed by atoms with E-state index < -0.39 is 11.9 Å². The SMILES string of the molecule is CNC(=S)NC[C@H]1CN(c2ccc(N3CCN(C(C)=O)CC3)c(F)c2)C(=O)O1. The van der Waals surface area contributed by atoms with Crippen LogP contribution in [0, 0.1) is 5.82 Å². The normalized spacial score (nSPS) is 19.5. The quantitative estimate of drug-likeness (QED) is 0.716. The first kappa shape index (κ1) is 20.1. The van der Waals surface area contributed by atoms with Crippen molar-refractivity contribution < 1.29 is 18.7 Å². The third-order valence-electron chi connectivity index (χ3n) is 4.90. The largest absolute Gasteiger partial charge is 0.442 e. The fourth-order valence-electron chi connectivity index (χ4n) is 3.32. The van der Waals surface area contributed by atoms with E-state index >= 15 is 0 Å². The van der Waals surface area contributed by atoms with E-state index in [9.17, 15) is 14.0 Å². The molecule has 1 aromatic carbocycles. The van der Waals surface area contributed by atoms with Crippen molar-refractivity contribution >= 4 is 40.7 Å². The van der Waals surface area contributed by atoms with E-state index in [1.165, 1.54) is 17.9 Å². The number of thiocarbonyl (C=S) groups is 1. The highest BCUT2D eigenvalue weighted by molar-refractivity contribution is 7.80. The number of anilines is 2. The van der Waals surface area contributed by atoms with Gasteiger partial charge in [-0.25, -0.2) is 9.18 Å². The van der Waals surface area contributed by atoms with Crippen LogP contribution < -0.4 is 20.4 Å². The van der Waals surface area contributed by atoms with E-state index in [4.69, 9.17) is 17.0 Å². The zero-order chi connectivity index (χ0) is 20.3. The van der Waals surface area contributed by atoms with Crippen molar-refractivity contribution in [3.63, 3.8) is 0 Å². The Hall–Kier alpha value is -2.62. The lowest BCUT2D eigenvalue weighted by Gasteiger charge is -2.35. The average molecular weight is 409 g/mol. The fraction of sp³-hybridized carbons (Fsp3) is 0.500. The predicted octanol–water partition coefficient (Wildman–Crippen LogP) is 0.913. The number of carbonyl (C=O) groups excluding carboxylic acids is 2. The maximum atomic E-state index is 14.7. The summed E-state index contributed by atoms with van der Waals surface area (Å²) in [6.45, 7) is 4.50. The molecule has 0 spiro atoms. The van der Waals surface area contributed by atoms with Gasteiger partial charge in [-0.05, 0) is 30.4 Å². The molecule has 0 radical (unpaired) electrons. The molecular weight excluding hydrogens is 385 g/mol. The van der Waals surface area contributed by atoms with Crippen LogP contribution in [-0.4, -0.2) is 74.4 Å². The minimum absolute atomic E-state index is 0.0301. The summed E-state index contributed by atoms with van der Waals surface area (Å²) in [5, 5.41) is 6.20. The van der Waals surface area contributed by atoms with Gasteiger partial charge in [0.1, 0.15) is 11.9 Å². The highest BCUT2D eigenvalue weighted by Gasteiger charge is 2.33. The summed E-state index contributed by atoms with van der Waals surface area (Å²) in [7, 11) is 1.70. The molecule has 8 nitrogen and oxygen atoms in total. The fourth-order valence-corrected chi connectivity index (χ4v) is 3.40. The first-order valence-corrected chi connectivity index (χ1v) is 9.53. The number of ether oxygens (including phenoxy) is 1. The molecule has 2 aliphatic heterocycles. The smallest absolute Gasteiger partial charge is 0.414 e. The average Bonchev–Trinajstić information content (AvgIpc) is 3.06. The van der Waals surface area contributed by atoms with Crippen LogP contribution in [-0.2, 0) is 9.53 Å². The van der Waals surface area contributed by atoms with Gasteiger partial charge in [0.15, 0.2) is 5.11 Å². The first-order valence-electron chi connectivity index (χ1n) is 9.12. The van der Waals surface area contributed by atoms with Crippen molar-refractivity contribution in [2.75, 3.05) is 56.1 Å². The van der Waals surface area contributed by atoms with Crippen LogP contribution in [0.2, 0.25) is 0 Å². The zero-order valence-electron chi connectivity index (χ0n) is 15.9. The van der Waals surface area contributed by atoms with Gasteiger partial charge in [0.05, 0.1) is 24.5 Å². The highest BCUT2D eigenvalue weighted by atomic mass is 32.1. The number of carbonyl (C=O) groups is 2. The molecule has 3 rings (SSSR count). The third-order valence-corrected chi connectivity index (χ3v) is 5.25. The van der Waals surface area contributed by atoms with Crippen molar-refractivity contribution in [2.24, 2.45) is 0 Å². The van der Waals surface area contributed by atoms with Gasteiger partial charge in [0.2, 0.25) is 5.91 Å². The summed E-state index contributed by atoms with van der Waals surface area (Å²) in [6.07, 6.45) is -0.884. The van der Waals surface area contributed by atoms with Crippen molar-refractivity contribution in [3.05, 3.63) is 24.0 Å². The van der Waals surface area contributed by atoms with Crippen LogP contribution >= 0.6 is 12.2 Å². The first-order chi connectivity index (χ1) is 13.4. The van der Waals surface area contributed by atoms with Crippen LogP contribution in [0.5, 0.6) is 0 Å². The second-order valence-electron chi connectivity index (χ2n) is 6.71. The lowest BCUT2D eigenvalue weighted by molar-refractivity contribution is -0.129. The van der Waals surface area contributed by atoms with Gasteiger partial charge in [0, 0.05) is 40.2 Å². The van der Waals surface area contributed by atoms with Gasteiger partial charge in [-0.15, -0.1) is 0 Å². The minimum Gasteiger partial charge on any atom is -0.442 e. The Morgan fingerprint density at radius 3 is 2.64 bits per heavy atom. The van der Waals surface area contributed by atoms with Crippen molar-refractivity contribution in [2.45, 2.75) is 13.0 Å². The summed E-state index contributed by atoms with van der Waals surface area (Å²) in [6, 6.07) is 4.73. The van der Waals surface area contributed by atoms with Crippen molar-refractivity contribution in [1.82, 2.24) is 15.5 Å². The zero-order valence-corrected chi connectivity index (χ0v) is 16.7. The van der Waals surface area contributed by atoms with Crippen molar-refractivity contribution in [3.8, 4) is 0 Å². The monoisotopic (exact) mass is 409 g/mol. The molecule has 2 saturated heterocycles. The molecule has 1 aromatic rings. The van der Waals surface area contributed by atoms with Crippen LogP contribution in [0.4, 0.5) is 20.6 Å². The summed E-state index contributed by atoms with van der Waals surface area (Å²) in [5.41, 5.74) is 0.921. The van der Waals surface area contributed by atoms with E-state index in [0.29, 0.717) is 55.8 Å². The number of nitrogens with zero attached hydrogens (tertiary/aromatic N) is 3. The second-order valence-corrected chi connectivity index (χ2v) is 7.11. The van der Waals surface area contributed by atoms with E-state index in [2.05, 4.69) is 10.6 Å². The number of nitrogens with one attached hydrogen (secondary N) is 2. The van der Waals surface area contributed by atoms with E-state index in [-0.39, 0.29) is 12.0 Å². The van der Waals surface area contributed by atoms with Gasteiger partial charge in [-0.3, -0.25) is 9.69 Å². The maximum Gasteiger partial charge on any atom is 0.414 e. The van der Waals surface area contributed by atoms with E-state index in [1.54, 1.807) is 24.1 Å². The number of cyclic esters (lactones) is 1. The van der Waals surface area contributed by atoms with Crippen LogP contribution in [0.15, 0.2) is 18.2 Å². The molecule has 2 N–H and O–H groups in total. The van der Waals surface area contributed by atoms with Crippen molar-refractivity contribution in [1.29, 1.82) is 0 Å². The summed E-state index contributed by atoms with van der Waals surface area (Å²) in [4.78, 5) is 28.7. The molecule has 0 aliphatic carbocycles. The molecule has 2 heterocycles. The molecule has 0 saturated carbocycles. The Bertz CT molecular complexity index is 770. The van der Waals surface area contributed by atoms with Gasteiger partial charge < -0.3 is 25.2 Å². The molecule has 28 heavy (non-hydrogen) atoms. The summed E-state index contributed by atoms with van der Waals surface area (Å²) in [5.74, 6) is -0.373. The molecular formula is C18H24FN5O3S. The molecule has 2 amide bonds. The number of halogens is 1. The van der Waals surface area contributed by atoms with Crippen LogP contribution in [0.3, 0.4) is 0 Å². The Morgan fingerprint density at radius 2 is 2.04 bits per heavy atom. The van der Waals surface area contributed by atoms with Gasteiger partial charge in [0.25, 0.3) is 0 Å². The lowest BCUT2D eigenvalue weighted by Crippen LogP contribution is -2.48. The molecule has 152 valence electrons. The number of hydrogen-bond acceptors (Lipinski definition) is 5. The highest BCUT2D eigenvalue weighted by Crippen LogP contribution is 2.28. The molecule has 1 atom stereocenters. The van der Waals surface area contributed by atoms with Gasteiger partial charge in [-0.1, -0.05) is 0 Å². The topological polar surface area (TPSA) is 77.2 Å². The van der Waals surface area contributed by atoms with E-state index in [0.717, 1.165) is 0 Å². The molecule has 2 aliphatic rings.